The molecule has 1 amide bonds. The number of aromatic nitrogens is 6. The Morgan fingerprint density at radius 1 is 1.12 bits per heavy atom. The molecule has 1 saturated heterocycles. The Morgan fingerprint density at radius 3 is 2.80 bits per heavy atom. The van der Waals surface area contributed by atoms with Crippen molar-refractivity contribution in [1.82, 2.24) is 35.0 Å². The molecule has 0 radical (unpaired) electrons. The lowest BCUT2D eigenvalue weighted by Crippen LogP contribution is -2.28. The van der Waals surface area contributed by atoms with E-state index < -0.39 is 0 Å². The Morgan fingerprint density at radius 2 is 2.00 bits per heavy atom. The molecule has 1 aliphatic rings. The van der Waals surface area contributed by atoms with Crippen molar-refractivity contribution in [2.45, 2.75) is 19.4 Å². The smallest absolute Gasteiger partial charge is 0.271 e. The molecule has 25 heavy (non-hydrogen) atoms. The second-order valence-electron chi connectivity index (χ2n) is 5.84. The number of nitrogens with zero attached hydrogens (tertiary/aromatic N) is 7. The van der Waals surface area contributed by atoms with Crippen LogP contribution in [0.3, 0.4) is 0 Å². The maximum atomic E-state index is 12.0. The van der Waals surface area contributed by atoms with Gasteiger partial charge in [-0.1, -0.05) is 0 Å². The molecular weight excluding hydrogens is 320 g/mol. The molecule has 9 heteroatoms. The summed E-state index contributed by atoms with van der Waals surface area (Å²) in [4.78, 5) is 30.9. The highest BCUT2D eigenvalue weighted by Gasteiger charge is 2.18. The van der Waals surface area contributed by atoms with Crippen molar-refractivity contribution in [2.24, 2.45) is 0 Å². The van der Waals surface area contributed by atoms with E-state index in [1.165, 1.54) is 31.4 Å². The lowest BCUT2D eigenvalue weighted by Gasteiger charge is -2.16. The van der Waals surface area contributed by atoms with Crippen molar-refractivity contribution < 1.29 is 4.79 Å². The van der Waals surface area contributed by atoms with Crippen LogP contribution in [-0.4, -0.2) is 55.3 Å². The zero-order chi connectivity index (χ0) is 17.1. The number of hydrogen-bond acceptors (Lipinski definition) is 7. The van der Waals surface area contributed by atoms with Gasteiger partial charge in [-0.3, -0.25) is 9.78 Å². The minimum atomic E-state index is -0.253. The second-order valence-corrected chi connectivity index (χ2v) is 5.84. The van der Waals surface area contributed by atoms with E-state index in [2.05, 4.69) is 35.3 Å². The van der Waals surface area contributed by atoms with E-state index in [0.717, 1.165) is 29.9 Å². The molecule has 0 aromatic carbocycles. The van der Waals surface area contributed by atoms with Gasteiger partial charge in [0.05, 0.1) is 24.3 Å². The van der Waals surface area contributed by atoms with Gasteiger partial charge in [0.25, 0.3) is 5.91 Å². The Kier molecular flexibility index (Phi) is 4.19. The van der Waals surface area contributed by atoms with Crippen LogP contribution in [0.15, 0.2) is 31.1 Å². The molecule has 4 rings (SSSR count). The number of anilines is 1. The fraction of sp³-hybridized carbons (Fsp3) is 0.375. The van der Waals surface area contributed by atoms with Crippen LogP contribution in [0.1, 0.15) is 23.3 Å². The van der Waals surface area contributed by atoms with E-state index in [4.69, 9.17) is 0 Å². The maximum Gasteiger partial charge on any atom is 0.271 e. The number of amides is 1. The summed E-state index contributed by atoms with van der Waals surface area (Å²) in [5.41, 5.74) is 1.08. The molecular formula is C16H18N8O. The average Bonchev–Trinajstić information content (AvgIpc) is 3.32. The zero-order valence-electron chi connectivity index (χ0n) is 13.7. The Hall–Kier alpha value is -3.10. The molecule has 3 aromatic heterocycles. The Balaban J connectivity index is 1.45. The molecule has 1 fully saturated rings. The van der Waals surface area contributed by atoms with Crippen LogP contribution in [0.2, 0.25) is 0 Å². The van der Waals surface area contributed by atoms with E-state index >= 15 is 0 Å². The first-order valence-corrected chi connectivity index (χ1v) is 8.28. The van der Waals surface area contributed by atoms with Crippen molar-refractivity contribution in [1.29, 1.82) is 0 Å². The predicted octanol–water partition coefficient (Wildman–Crippen LogP) is 0.646. The van der Waals surface area contributed by atoms with E-state index in [0.29, 0.717) is 18.8 Å². The normalized spacial score (nSPS) is 14.2. The van der Waals surface area contributed by atoms with Gasteiger partial charge in [0.1, 0.15) is 17.8 Å². The minimum Gasteiger partial charge on any atom is -0.356 e. The highest BCUT2D eigenvalue weighted by atomic mass is 16.1. The highest BCUT2D eigenvalue weighted by molar-refractivity contribution is 5.91. The summed E-state index contributed by atoms with van der Waals surface area (Å²) in [6, 6.07) is 0. The van der Waals surface area contributed by atoms with E-state index in [9.17, 15) is 4.79 Å². The van der Waals surface area contributed by atoms with Crippen LogP contribution in [-0.2, 0) is 6.54 Å². The van der Waals surface area contributed by atoms with Crippen LogP contribution in [0.4, 0.5) is 5.82 Å². The third kappa shape index (κ3) is 3.12. The van der Waals surface area contributed by atoms with Crippen LogP contribution in [0, 0.1) is 0 Å². The third-order valence-electron chi connectivity index (χ3n) is 4.22. The molecule has 0 aliphatic carbocycles. The third-order valence-corrected chi connectivity index (χ3v) is 4.22. The van der Waals surface area contributed by atoms with Gasteiger partial charge in [0.2, 0.25) is 0 Å². The minimum absolute atomic E-state index is 0.253. The van der Waals surface area contributed by atoms with Crippen molar-refractivity contribution in [3.05, 3.63) is 36.8 Å². The number of hydrogen-bond donors (Lipinski definition) is 1. The summed E-state index contributed by atoms with van der Waals surface area (Å²) >= 11 is 0. The van der Waals surface area contributed by atoms with Gasteiger partial charge in [0, 0.05) is 32.0 Å². The molecule has 0 atom stereocenters. The molecule has 1 N–H and O–H groups in total. The van der Waals surface area contributed by atoms with Gasteiger partial charge in [-0.25, -0.2) is 19.6 Å². The fourth-order valence-corrected chi connectivity index (χ4v) is 3.01. The monoisotopic (exact) mass is 338 g/mol. The molecule has 0 unspecified atom stereocenters. The SMILES string of the molecule is O=C(NCCn1ncc2c(N3CCCC3)ncnc21)c1cnccn1. The van der Waals surface area contributed by atoms with Gasteiger partial charge < -0.3 is 10.2 Å². The van der Waals surface area contributed by atoms with Crippen LogP contribution >= 0.6 is 0 Å². The van der Waals surface area contributed by atoms with Crippen molar-refractivity contribution in [2.75, 3.05) is 24.5 Å². The van der Waals surface area contributed by atoms with E-state index in [-0.39, 0.29) is 5.91 Å². The number of carbonyl (C=O) groups is 1. The number of nitrogens with one attached hydrogen (secondary N) is 1. The Bertz CT molecular complexity index is 872. The maximum absolute atomic E-state index is 12.0. The first-order valence-electron chi connectivity index (χ1n) is 8.28. The molecule has 0 bridgehead atoms. The summed E-state index contributed by atoms with van der Waals surface area (Å²) in [6.07, 6.45) is 10.2. The molecule has 0 spiro atoms. The quantitative estimate of drug-likeness (QED) is 0.728. The summed E-state index contributed by atoms with van der Waals surface area (Å²) in [5, 5.41) is 8.17. The predicted molar refractivity (Wildman–Crippen MR) is 91.1 cm³/mol. The number of rotatable bonds is 5. The summed E-state index contributed by atoms with van der Waals surface area (Å²) in [7, 11) is 0. The van der Waals surface area contributed by atoms with Gasteiger partial charge in [-0.05, 0) is 12.8 Å². The molecule has 128 valence electrons. The lowest BCUT2D eigenvalue weighted by molar-refractivity contribution is 0.0946. The molecule has 3 aromatic rings. The zero-order valence-corrected chi connectivity index (χ0v) is 13.7. The van der Waals surface area contributed by atoms with E-state index in [1.807, 2.05) is 0 Å². The van der Waals surface area contributed by atoms with Gasteiger partial charge in [-0.2, -0.15) is 5.10 Å². The molecule has 9 nitrogen and oxygen atoms in total. The number of fused-ring (bicyclic) bond motifs is 1. The summed E-state index contributed by atoms with van der Waals surface area (Å²) in [6.45, 7) is 2.98. The number of carbonyl (C=O) groups excluding carboxylic acids is 1. The van der Waals surface area contributed by atoms with Crippen molar-refractivity contribution in [3.8, 4) is 0 Å². The van der Waals surface area contributed by atoms with Gasteiger partial charge >= 0.3 is 0 Å². The van der Waals surface area contributed by atoms with E-state index in [1.54, 1.807) is 17.2 Å². The first kappa shape index (κ1) is 15.4. The molecule has 0 saturated carbocycles. The fourth-order valence-electron chi connectivity index (χ4n) is 3.01. The van der Waals surface area contributed by atoms with Crippen LogP contribution in [0.5, 0.6) is 0 Å². The average molecular weight is 338 g/mol. The second kappa shape index (κ2) is 6.80. The van der Waals surface area contributed by atoms with Gasteiger partial charge in [-0.15, -0.1) is 0 Å². The summed E-state index contributed by atoms with van der Waals surface area (Å²) in [5.74, 6) is 0.689. The lowest BCUT2D eigenvalue weighted by atomic mass is 10.3. The molecule has 1 aliphatic heterocycles. The largest absolute Gasteiger partial charge is 0.356 e. The van der Waals surface area contributed by atoms with Crippen LogP contribution < -0.4 is 10.2 Å². The Labute approximate surface area is 144 Å². The van der Waals surface area contributed by atoms with Crippen molar-refractivity contribution in [3.63, 3.8) is 0 Å². The van der Waals surface area contributed by atoms with Gasteiger partial charge in [0.15, 0.2) is 5.65 Å². The highest BCUT2D eigenvalue weighted by Crippen LogP contribution is 2.25. The molecule has 4 heterocycles. The first-order chi connectivity index (χ1) is 12.3. The van der Waals surface area contributed by atoms with Crippen molar-refractivity contribution >= 4 is 22.8 Å². The van der Waals surface area contributed by atoms with Crippen LogP contribution in [0.25, 0.3) is 11.0 Å². The summed E-state index contributed by atoms with van der Waals surface area (Å²) < 4.78 is 1.79. The standard InChI is InChI=1S/C16H18N8O/c25-16(13-10-17-3-4-18-13)19-5-8-24-15-12(9-22-24)14(20-11-21-15)23-6-1-2-7-23/h3-4,9-11H,1-2,5-8H2,(H,19,25). The topological polar surface area (TPSA) is 102 Å².